The number of benzene rings is 2. The van der Waals surface area contributed by atoms with Gasteiger partial charge < -0.3 is 15.4 Å². The highest BCUT2D eigenvalue weighted by Gasteiger charge is 2.42. The van der Waals surface area contributed by atoms with Crippen molar-refractivity contribution in [2.24, 2.45) is 4.99 Å². The van der Waals surface area contributed by atoms with Gasteiger partial charge >= 0.3 is 0 Å². The van der Waals surface area contributed by atoms with Gasteiger partial charge in [-0.15, -0.1) is 0 Å². The maximum absolute atomic E-state index is 12.2. The van der Waals surface area contributed by atoms with Gasteiger partial charge in [-0.3, -0.25) is 9.79 Å². The van der Waals surface area contributed by atoms with Gasteiger partial charge in [0.25, 0.3) is 0 Å². The first-order chi connectivity index (χ1) is 13.9. The second-order valence-corrected chi connectivity index (χ2v) is 10.4. The molecule has 1 fully saturated rings. The molecule has 2 unspecified atom stereocenters. The maximum atomic E-state index is 12.2. The molecule has 4 rings (SSSR count). The number of fused-ring (bicyclic) bond motifs is 1. The van der Waals surface area contributed by atoms with Crippen LogP contribution >= 0.6 is 11.8 Å². The minimum atomic E-state index is -2.95. The van der Waals surface area contributed by atoms with E-state index in [1.165, 1.54) is 11.8 Å². The van der Waals surface area contributed by atoms with E-state index in [0.717, 1.165) is 27.9 Å². The van der Waals surface area contributed by atoms with Crippen molar-refractivity contribution in [1.82, 2.24) is 0 Å². The van der Waals surface area contributed by atoms with Gasteiger partial charge in [0.2, 0.25) is 5.91 Å². The van der Waals surface area contributed by atoms with Crippen molar-refractivity contribution in [3.05, 3.63) is 54.1 Å². The molecule has 2 aliphatic rings. The van der Waals surface area contributed by atoms with Crippen LogP contribution in [0.2, 0.25) is 0 Å². The molecule has 1 amide bonds. The fraction of sp³-hybridized carbons (Fsp3) is 0.300. The molecule has 0 spiro atoms. The number of amides is 1. The molecule has 2 aromatic rings. The van der Waals surface area contributed by atoms with E-state index < -0.39 is 9.84 Å². The SMILES string of the molecule is COc1ccc(NC(=O)Cc2ccc(NC3=NC4CS(=O)(=O)CC4S3)cc2)cc1. The van der Waals surface area contributed by atoms with Crippen molar-refractivity contribution in [2.45, 2.75) is 17.7 Å². The number of aliphatic imine (C=N–C) groups is 1. The minimum Gasteiger partial charge on any atom is -0.497 e. The van der Waals surface area contributed by atoms with Gasteiger partial charge in [0.05, 0.1) is 31.1 Å². The average Bonchev–Trinajstić information content (AvgIpc) is 3.16. The Kier molecular flexibility index (Phi) is 5.51. The lowest BCUT2D eigenvalue weighted by Crippen LogP contribution is -2.14. The molecule has 0 radical (unpaired) electrons. The number of amidine groups is 1. The number of carbonyl (C=O) groups excluding carboxylic acids is 1. The van der Waals surface area contributed by atoms with Gasteiger partial charge in [0.1, 0.15) is 5.75 Å². The number of nitrogens with one attached hydrogen (secondary N) is 2. The Morgan fingerprint density at radius 1 is 1.10 bits per heavy atom. The monoisotopic (exact) mass is 431 g/mol. The predicted molar refractivity (Wildman–Crippen MR) is 117 cm³/mol. The van der Waals surface area contributed by atoms with Crippen LogP contribution in [0.4, 0.5) is 11.4 Å². The third kappa shape index (κ3) is 4.91. The van der Waals surface area contributed by atoms with E-state index in [1.807, 2.05) is 24.3 Å². The number of hydrogen-bond acceptors (Lipinski definition) is 7. The number of nitrogens with zero attached hydrogens (tertiary/aromatic N) is 1. The number of rotatable bonds is 5. The summed E-state index contributed by atoms with van der Waals surface area (Å²) in [6, 6.07) is 14.6. The Labute approximate surface area is 173 Å². The third-order valence-electron chi connectivity index (χ3n) is 4.76. The third-order valence-corrected chi connectivity index (χ3v) is 7.90. The minimum absolute atomic E-state index is 0.0171. The van der Waals surface area contributed by atoms with Crippen LogP contribution < -0.4 is 15.4 Å². The van der Waals surface area contributed by atoms with Crippen molar-refractivity contribution in [1.29, 1.82) is 0 Å². The van der Waals surface area contributed by atoms with E-state index in [4.69, 9.17) is 4.74 Å². The molecule has 2 aliphatic heterocycles. The van der Waals surface area contributed by atoms with E-state index >= 15 is 0 Å². The van der Waals surface area contributed by atoms with Gasteiger partial charge in [-0.05, 0) is 42.0 Å². The average molecular weight is 432 g/mol. The summed E-state index contributed by atoms with van der Waals surface area (Å²) in [7, 11) is -1.35. The molecule has 152 valence electrons. The van der Waals surface area contributed by atoms with Gasteiger partial charge in [-0.25, -0.2) is 8.42 Å². The smallest absolute Gasteiger partial charge is 0.228 e. The lowest BCUT2D eigenvalue weighted by atomic mass is 10.1. The van der Waals surface area contributed by atoms with E-state index in [2.05, 4.69) is 15.6 Å². The quantitative estimate of drug-likeness (QED) is 0.755. The van der Waals surface area contributed by atoms with Crippen LogP contribution in [0.1, 0.15) is 5.56 Å². The molecule has 2 heterocycles. The van der Waals surface area contributed by atoms with E-state index in [-0.39, 0.29) is 35.1 Å². The van der Waals surface area contributed by atoms with E-state index in [0.29, 0.717) is 0 Å². The van der Waals surface area contributed by atoms with E-state index in [1.54, 1.807) is 31.4 Å². The van der Waals surface area contributed by atoms with Crippen molar-refractivity contribution in [3.8, 4) is 5.75 Å². The zero-order valence-corrected chi connectivity index (χ0v) is 17.4. The predicted octanol–water partition coefficient (Wildman–Crippen LogP) is 2.56. The summed E-state index contributed by atoms with van der Waals surface area (Å²) >= 11 is 1.48. The molecule has 0 saturated carbocycles. The van der Waals surface area contributed by atoms with Crippen molar-refractivity contribution in [3.63, 3.8) is 0 Å². The zero-order chi connectivity index (χ0) is 20.4. The Morgan fingerprint density at radius 3 is 2.45 bits per heavy atom. The van der Waals surface area contributed by atoms with Crippen LogP contribution in [0.25, 0.3) is 0 Å². The van der Waals surface area contributed by atoms with Crippen LogP contribution in [0.3, 0.4) is 0 Å². The largest absolute Gasteiger partial charge is 0.497 e. The van der Waals surface area contributed by atoms with Crippen LogP contribution in [0.5, 0.6) is 5.75 Å². The normalized spacial score (nSPS) is 21.9. The molecule has 2 aromatic carbocycles. The summed E-state index contributed by atoms with van der Waals surface area (Å²) in [4.78, 5) is 16.7. The number of methoxy groups -OCH3 is 1. The molecular weight excluding hydrogens is 410 g/mol. The zero-order valence-electron chi connectivity index (χ0n) is 15.8. The molecule has 2 atom stereocenters. The van der Waals surface area contributed by atoms with Crippen LogP contribution in [0.15, 0.2) is 53.5 Å². The molecular formula is C20H21N3O4S2. The summed E-state index contributed by atoms with van der Waals surface area (Å²) in [5.74, 6) is 0.971. The second kappa shape index (κ2) is 8.08. The molecule has 0 aliphatic carbocycles. The summed E-state index contributed by atoms with van der Waals surface area (Å²) in [6.45, 7) is 0. The number of hydrogen-bond donors (Lipinski definition) is 2. The first kappa shape index (κ1) is 19.8. The maximum Gasteiger partial charge on any atom is 0.228 e. The highest BCUT2D eigenvalue weighted by atomic mass is 32.2. The highest BCUT2D eigenvalue weighted by molar-refractivity contribution is 8.15. The summed E-state index contributed by atoms with van der Waals surface area (Å²) in [5.41, 5.74) is 2.47. The number of carbonyl (C=O) groups is 1. The molecule has 0 bridgehead atoms. The fourth-order valence-electron chi connectivity index (χ4n) is 3.31. The standard InChI is InChI=1S/C20H21N3O4S2/c1-27-16-8-6-14(7-9-16)21-19(24)10-13-2-4-15(5-3-13)22-20-23-17-11-29(25,26)12-18(17)28-20/h2-9,17-18H,10-12H2,1H3,(H,21,24)(H,22,23). The van der Waals surface area contributed by atoms with Crippen molar-refractivity contribution < 1.29 is 17.9 Å². The highest BCUT2D eigenvalue weighted by Crippen LogP contribution is 2.34. The Balaban J connectivity index is 1.30. The summed E-state index contributed by atoms with van der Waals surface area (Å²) < 4.78 is 28.4. The van der Waals surface area contributed by atoms with Gasteiger partial charge in [0, 0.05) is 16.6 Å². The number of thioether (sulfide) groups is 1. The molecule has 7 nitrogen and oxygen atoms in total. The van der Waals surface area contributed by atoms with Crippen LogP contribution in [-0.4, -0.2) is 49.4 Å². The fourth-order valence-corrected chi connectivity index (χ4v) is 6.99. The topological polar surface area (TPSA) is 96.9 Å². The molecule has 0 aromatic heterocycles. The molecule has 2 N–H and O–H groups in total. The lowest BCUT2D eigenvalue weighted by molar-refractivity contribution is -0.115. The summed E-state index contributed by atoms with van der Waals surface area (Å²) in [5, 5.41) is 6.86. The van der Waals surface area contributed by atoms with Gasteiger partial charge in [-0.2, -0.15) is 0 Å². The Bertz CT molecular complexity index is 1030. The Hall–Kier alpha value is -2.52. The van der Waals surface area contributed by atoms with Crippen molar-refractivity contribution >= 4 is 44.0 Å². The Morgan fingerprint density at radius 2 is 1.79 bits per heavy atom. The molecule has 1 saturated heterocycles. The first-order valence-electron chi connectivity index (χ1n) is 9.15. The number of sulfone groups is 1. The van der Waals surface area contributed by atoms with Crippen molar-refractivity contribution in [2.75, 3.05) is 29.2 Å². The molecule has 29 heavy (non-hydrogen) atoms. The second-order valence-electron chi connectivity index (χ2n) is 7.01. The summed E-state index contributed by atoms with van der Waals surface area (Å²) in [6.07, 6.45) is 0.268. The number of ether oxygens (including phenoxy) is 1. The van der Waals surface area contributed by atoms with Gasteiger partial charge in [-0.1, -0.05) is 23.9 Å². The van der Waals surface area contributed by atoms with Gasteiger partial charge in [0.15, 0.2) is 15.0 Å². The van der Waals surface area contributed by atoms with Crippen LogP contribution in [-0.2, 0) is 21.1 Å². The lowest BCUT2D eigenvalue weighted by Gasteiger charge is -2.09. The van der Waals surface area contributed by atoms with E-state index in [9.17, 15) is 13.2 Å². The molecule has 9 heteroatoms. The number of anilines is 2. The first-order valence-corrected chi connectivity index (χ1v) is 11.8. The van der Waals surface area contributed by atoms with Crippen LogP contribution in [0, 0.1) is 0 Å².